The van der Waals surface area contributed by atoms with Crippen molar-refractivity contribution < 1.29 is 0 Å². The summed E-state index contributed by atoms with van der Waals surface area (Å²) in [6.45, 7) is 5.35. The fourth-order valence-corrected chi connectivity index (χ4v) is 3.23. The highest BCUT2D eigenvalue weighted by Gasteiger charge is 2.17. The predicted molar refractivity (Wildman–Crippen MR) is 98.1 cm³/mol. The van der Waals surface area contributed by atoms with Crippen molar-refractivity contribution in [3.63, 3.8) is 0 Å². The number of hydrogen-bond donors (Lipinski definition) is 0. The predicted octanol–water partition coefficient (Wildman–Crippen LogP) is 4.27. The summed E-state index contributed by atoms with van der Waals surface area (Å²) in [5.41, 5.74) is 2.63. The van der Waals surface area contributed by atoms with E-state index in [0.29, 0.717) is 0 Å². The third kappa shape index (κ3) is 4.11. The third-order valence-electron chi connectivity index (χ3n) is 3.87. The maximum Gasteiger partial charge on any atom is 0.0426 e. The molecule has 3 rings (SSSR count). The summed E-state index contributed by atoms with van der Waals surface area (Å²) in [5, 5.41) is 0.814. The molecule has 1 heterocycles. The van der Waals surface area contributed by atoms with Gasteiger partial charge in [-0.2, -0.15) is 0 Å². The molecule has 0 bridgehead atoms. The van der Waals surface area contributed by atoms with Gasteiger partial charge in [0.1, 0.15) is 0 Å². The van der Waals surface area contributed by atoms with Crippen LogP contribution in [0.2, 0.25) is 5.02 Å². The molecule has 0 radical (unpaired) electrons. The molecule has 2 nitrogen and oxygen atoms in total. The van der Waals surface area contributed by atoms with Crippen LogP contribution in [0.25, 0.3) is 0 Å². The van der Waals surface area contributed by atoms with Gasteiger partial charge < -0.3 is 4.90 Å². The van der Waals surface area contributed by atoms with Crippen molar-refractivity contribution in [2.45, 2.75) is 6.54 Å². The van der Waals surface area contributed by atoms with Gasteiger partial charge in [0.25, 0.3) is 0 Å². The van der Waals surface area contributed by atoms with E-state index < -0.39 is 0 Å². The molecule has 0 saturated carbocycles. The zero-order valence-corrected chi connectivity index (χ0v) is 14.7. The quantitative estimate of drug-likeness (QED) is 0.695. The van der Waals surface area contributed by atoms with Gasteiger partial charge in [-0.1, -0.05) is 29.8 Å². The number of hydrogen-bond acceptors (Lipinski definition) is 2. The highest BCUT2D eigenvalue weighted by molar-refractivity contribution is 14.1. The van der Waals surface area contributed by atoms with Gasteiger partial charge in [-0.15, -0.1) is 0 Å². The van der Waals surface area contributed by atoms with Crippen LogP contribution in [-0.4, -0.2) is 31.1 Å². The van der Waals surface area contributed by atoms with Crippen molar-refractivity contribution in [3.8, 4) is 0 Å². The van der Waals surface area contributed by atoms with E-state index in [4.69, 9.17) is 11.6 Å². The normalized spacial score (nSPS) is 16.2. The van der Waals surface area contributed by atoms with Crippen LogP contribution in [-0.2, 0) is 6.54 Å². The molecule has 2 aromatic rings. The average molecular weight is 413 g/mol. The first kappa shape index (κ1) is 15.1. The molecule has 1 aliphatic rings. The highest BCUT2D eigenvalue weighted by atomic mass is 127. The van der Waals surface area contributed by atoms with Crippen molar-refractivity contribution in [2.75, 3.05) is 31.1 Å². The SMILES string of the molecule is Clc1cccc(N2CCN(Cc3ccc(I)cc3)CC2)c1. The molecule has 0 unspecified atom stereocenters. The fourth-order valence-electron chi connectivity index (χ4n) is 2.69. The molecule has 0 amide bonds. The molecule has 1 fully saturated rings. The largest absolute Gasteiger partial charge is 0.369 e. The standard InChI is InChI=1S/C17H18ClIN2/c18-15-2-1-3-17(12-15)21-10-8-20(9-11-21)13-14-4-6-16(19)7-5-14/h1-7,12H,8-11,13H2. The van der Waals surface area contributed by atoms with Crippen molar-refractivity contribution >= 4 is 39.9 Å². The second-order valence-electron chi connectivity index (χ2n) is 5.37. The van der Waals surface area contributed by atoms with Gasteiger partial charge in [-0.25, -0.2) is 0 Å². The maximum absolute atomic E-state index is 6.08. The molecule has 0 N–H and O–H groups in total. The van der Waals surface area contributed by atoms with Crippen molar-refractivity contribution in [2.24, 2.45) is 0 Å². The van der Waals surface area contributed by atoms with Gasteiger partial charge >= 0.3 is 0 Å². The molecule has 4 heteroatoms. The van der Waals surface area contributed by atoms with E-state index in [0.717, 1.165) is 37.7 Å². The van der Waals surface area contributed by atoms with E-state index in [2.05, 4.69) is 68.8 Å². The minimum absolute atomic E-state index is 0.814. The zero-order chi connectivity index (χ0) is 14.7. The Labute approximate surface area is 144 Å². The summed E-state index contributed by atoms with van der Waals surface area (Å²) in [5.74, 6) is 0. The van der Waals surface area contributed by atoms with Crippen LogP contribution in [0.15, 0.2) is 48.5 Å². The lowest BCUT2D eigenvalue weighted by Crippen LogP contribution is -2.45. The number of benzene rings is 2. The number of halogens is 2. The van der Waals surface area contributed by atoms with E-state index in [9.17, 15) is 0 Å². The smallest absolute Gasteiger partial charge is 0.0426 e. The van der Waals surface area contributed by atoms with Crippen LogP contribution in [0.3, 0.4) is 0 Å². The lowest BCUT2D eigenvalue weighted by atomic mass is 10.2. The van der Waals surface area contributed by atoms with Crippen LogP contribution in [0.5, 0.6) is 0 Å². The molecule has 0 aromatic heterocycles. The van der Waals surface area contributed by atoms with Crippen molar-refractivity contribution in [3.05, 3.63) is 62.7 Å². The summed E-state index contributed by atoms with van der Waals surface area (Å²) in [7, 11) is 0. The molecule has 0 atom stereocenters. The molecule has 0 aliphatic carbocycles. The van der Waals surface area contributed by atoms with Gasteiger partial charge in [0.2, 0.25) is 0 Å². The minimum atomic E-state index is 0.814. The first-order chi connectivity index (χ1) is 10.2. The second kappa shape index (κ2) is 6.99. The lowest BCUT2D eigenvalue weighted by Gasteiger charge is -2.36. The summed E-state index contributed by atoms with van der Waals surface area (Å²) in [6, 6.07) is 17.0. The highest BCUT2D eigenvalue weighted by Crippen LogP contribution is 2.21. The number of rotatable bonds is 3. The molecule has 1 saturated heterocycles. The molecular formula is C17H18ClIN2. The van der Waals surface area contributed by atoms with Crippen LogP contribution in [0, 0.1) is 3.57 Å². The number of piperazine rings is 1. The Balaban J connectivity index is 1.56. The Kier molecular flexibility index (Phi) is 5.03. The number of anilines is 1. The van der Waals surface area contributed by atoms with Crippen LogP contribution in [0.1, 0.15) is 5.56 Å². The van der Waals surface area contributed by atoms with E-state index in [1.807, 2.05) is 12.1 Å². The summed E-state index contributed by atoms with van der Waals surface area (Å²) in [6.07, 6.45) is 0. The summed E-state index contributed by atoms with van der Waals surface area (Å²) >= 11 is 8.42. The van der Waals surface area contributed by atoms with Gasteiger partial charge in [0.05, 0.1) is 0 Å². The first-order valence-electron chi connectivity index (χ1n) is 7.18. The second-order valence-corrected chi connectivity index (χ2v) is 7.05. The van der Waals surface area contributed by atoms with E-state index in [1.165, 1.54) is 14.8 Å². The zero-order valence-electron chi connectivity index (χ0n) is 11.8. The topological polar surface area (TPSA) is 6.48 Å². The Morgan fingerprint density at radius 2 is 1.67 bits per heavy atom. The molecule has 21 heavy (non-hydrogen) atoms. The van der Waals surface area contributed by atoms with Gasteiger partial charge in [0.15, 0.2) is 0 Å². The lowest BCUT2D eigenvalue weighted by molar-refractivity contribution is 0.250. The summed E-state index contributed by atoms with van der Waals surface area (Å²) < 4.78 is 1.29. The average Bonchev–Trinajstić information content (AvgIpc) is 2.50. The Hall–Kier alpha value is -0.780. The van der Waals surface area contributed by atoms with E-state index >= 15 is 0 Å². The maximum atomic E-state index is 6.08. The Morgan fingerprint density at radius 1 is 0.952 bits per heavy atom. The fraction of sp³-hybridized carbons (Fsp3) is 0.294. The van der Waals surface area contributed by atoms with Crippen molar-refractivity contribution in [1.82, 2.24) is 4.90 Å². The molecule has 2 aromatic carbocycles. The van der Waals surface area contributed by atoms with E-state index in [-0.39, 0.29) is 0 Å². The monoisotopic (exact) mass is 412 g/mol. The van der Waals surface area contributed by atoms with E-state index in [1.54, 1.807) is 0 Å². The Bertz CT molecular complexity index is 592. The third-order valence-corrected chi connectivity index (χ3v) is 4.82. The molecule has 0 spiro atoms. The molecule has 110 valence electrons. The summed E-state index contributed by atoms with van der Waals surface area (Å²) in [4.78, 5) is 4.93. The van der Waals surface area contributed by atoms with Crippen LogP contribution < -0.4 is 4.90 Å². The van der Waals surface area contributed by atoms with Crippen LogP contribution >= 0.6 is 34.2 Å². The van der Waals surface area contributed by atoms with Crippen molar-refractivity contribution in [1.29, 1.82) is 0 Å². The molecular weight excluding hydrogens is 395 g/mol. The van der Waals surface area contributed by atoms with Crippen LogP contribution in [0.4, 0.5) is 5.69 Å². The molecule has 1 aliphatic heterocycles. The minimum Gasteiger partial charge on any atom is -0.369 e. The Morgan fingerprint density at radius 3 is 2.33 bits per heavy atom. The number of nitrogens with zero attached hydrogens (tertiary/aromatic N) is 2. The van der Waals surface area contributed by atoms with Gasteiger partial charge in [-0.3, -0.25) is 4.90 Å². The first-order valence-corrected chi connectivity index (χ1v) is 8.64. The van der Waals surface area contributed by atoms with Gasteiger partial charge in [-0.05, 0) is 58.5 Å². The van der Waals surface area contributed by atoms with Gasteiger partial charge in [0, 0.05) is 47.0 Å².